The highest BCUT2D eigenvalue weighted by atomic mass is 16.5. The standard InChI is InChI=1S/C19H24N4O3/c1-13-7-3-4-8-14(13)21-18(24)16-15-9-5-6-11-23(15)17(22-16)19(25)20-10-12-26-2/h3-4,7-8H,5-6,9-12H2,1-2H3,(H,20,25)(H,21,24). The number of carbonyl (C=O) groups is 2. The Hall–Kier alpha value is -2.67. The number of nitrogens with one attached hydrogen (secondary N) is 2. The number of imidazole rings is 1. The molecule has 2 N–H and O–H groups in total. The number of hydrogen-bond acceptors (Lipinski definition) is 4. The van der Waals surface area contributed by atoms with E-state index in [0.29, 0.717) is 31.2 Å². The first-order chi connectivity index (χ1) is 12.6. The van der Waals surface area contributed by atoms with E-state index in [9.17, 15) is 9.59 Å². The molecule has 2 amide bonds. The highest BCUT2D eigenvalue weighted by Crippen LogP contribution is 2.23. The number of anilines is 1. The van der Waals surface area contributed by atoms with Gasteiger partial charge in [0.1, 0.15) is 0 Å². The molecule has 0 radical (unpaired) electrons. The molecule has 26 heavy (non-hydrogen) atoms. The highest BCUT2D eigenvalue weighted by molar-refractivity contribution is 6.05. The number of nitrogens with zero attached hydrogens (tertiary/aromatic N) is 2. The summed E-state index contributed by atoms with van der Waals surface area (Å²) in [5.41, 5.74) is 2.90. The zero-order valence-electron chi connectivity index (χ0n) is 15.2. The lowest BCUT2D eigenvalue weighted by Gasteiger charge is -2.17. The summed E-state index contributed by atoms with van der Waals surface area (Å²) < 4.78 is 6.83. The lowest BCUT2D eigenvalue weighted by atomic mass is 10.1. The first-order valence-corrected chi connectivity index (χ1v) is 8.85. The lowest BCUT2D eigenvalue weighted by Crippen LogP contribution is -2.30. The lowest BCUT2D eigenvalue weighted by molar-refractivity contribution is 0.0921. The Balaban J connectivity index is 1.86. The van der Waals surface area contributed by atoms with Gasteiger partial charge in [-0.15, -0.1) is 0 Å². The van der Waals surface area contributed by atoms with Crippen molar-refractivity contribution >= 4 is 17.5 Å². The SMILES string of the molecule is COCCNC(=O)c1nc(C(=O)Nc2ccccc2C)c2n1CCCC2. The number of methoxy groups -OCH3 is 1. The number of carbonyl (C=O) groups excluding carboxylic acids is 2. The van der Waals surface area contributed by atoms with E-state index in [2.05, 4.69) is 15.6 Å². The molecule has 1 aliphatic rings. The van der Waals surface area contributed by atoms with E-state index in [1.165, 1.54) is 0 Å². The molecule has 0 saturated carbocycles. The topological polar surface area (TPSA) is 85.2 Å². The van der Waals surface area contributed by atoms with Crippen molar-refractivity contribution in [2.75, 3.05) is 25.6 Å². The number of aryl methyl sites for hydroxylation is 1. The Morgan fingerprint density at radius 1 is 1.23 bits per heavy atom. The van der Waals surface area contributed by atoms with Gasteiger partial charge < -0.3 is 19.9 Å². The van der Waals surface area contributed by atoms with Gasteiger partial charge in [-0.1, -0.05) is 18.2 Å². The predicted molar refractivity (Wildman–Crippen MR) is 98.5 cm³/mol. The van der Waals surface area contributed by atoms with Crippen molar-refractivity contribution in [3.05, 3.63) is 47.0 Å². The number of hydrogen-bond donors (Lipinski definition) is 2. The molecule has 3 rings (SSSR count). The maximum absolute atomic E-state index is 12.8. The van der Waals surface area contributed by atoms with Crippen molar-refractivity contribution in [3.8, 4) is 0 Å². The van der Waals surface area contributed by atoms with E-state index in [0.717, 1.165) is 36.2 Å². The van der Waals surface area contributed by atoms with Gasteiger partial charge in [0.05, 0.1) is 12.3 Å². The molecule has 7 nitrogen and oxygen atoms in total. The fourth-order valence-corrected chi connectivity index (χ4v) is 3.14. The molecule has 0 saturated heterocycles. The summed E-state index contributed by atoms with van der Waals surface area (Å²) in [6.45, 7) is 3.47. The summed E-state index contributed by atoms with van der Waals surface area (Å²) in [5, 5.41) is 5.70. The van der Waals surface area contributed by atoms with Crippen LogP contribution in [0.2, 0.25) is 0 Å². The molecule has 0 spiro atoms. The van der Waals surface area contributed by atoms with Crippen molar-refractivity contribution in [2.24, 2.45) is 0 Å². The smallest absolute Gasteiger partial charge is 0.287 e. The van der Waals surface area contributed by atoms with Gasteiger partial charge in [0.15, 0.2) is 11.5 Å². The fraction of sp³-hybridized carbons (Fsp3) is 0.421. The molecule has 1 aromatic heterocycles. The first kappa shape index (κ1) is 18.1. The van der Waals surface area contributed by atoms with Gasteiger partial charge in [-0.2, -0.15) is 0 Å². The summed E-state index contributed by atoms with van der Waals surface area (Å²) >= 11 is 0. The van der Waals surface area contributed by atoms with E-state index in [1.807, 2.05) is 35.8 Å². The second-order valence-electron chi connectivity index (χ2n) is 6.36. The molecular formula is C19H24N4O3. The van der Waals surface area contributed by atoms with Gasteiger partial charge in [0.25, 0.3) is 11.8 Å². The number of para-hydroxylation sites is 1. The first-order valence-electron chi connectivity index (χ1n) is 8.85. The Morgan fingerprint density at radius 2 is 2.04 bits per heavy atom. The summed E-state index contributed by atoms with van der Waals surface area (Å²) in [6, 6.07) is 7.59. The largest absolute Gasteiger partial charge is 0.383 e. The Kier molecular flexibility index (Phi) is 5.68. The van der Waals surface area contributed by atoms with Crippen LogP contribution in [0.5, 0.6) is 0 Å². The summed E-state index contributed by atoms with van der Waals surface area (Å²) in [4.78, 5) is 29.6. The molecule has 2 heterocycles. The number of aromatic nitrogens is 2. The molecule has 7 heteroatoms. The zero-order chi connectivity index (χ0) is 18.5. The molecule has 138 valence electrons. The van der Waals surface area contributed by atoms with Crippen LogP contribution in [0.25, 0.3) is 0 Å². The van der Waals surface area contributed by atoms with Gasteiger partial charge in [-0.3, -0.25) is 9.59 Å². The van der Waals surface area contributed by atoms with E-state index >= 15 is 0 Å². The maximum atomic E-state index is 12.8. The van der Waals surface area contributed by atoms with Crippen molar-refractivity contribution in [1.82, 2.24) is 14.9 Å². The van der Waals surface area contributed by atoms with E-state index in [-0.39, 0.29) is 11.8 Å². The molecule has 2 aromatic rings. The van der Waals surface area contributed by atoms with Crippen LogP contribution in [0.4, 0.5) is 5.69 Å². The summed E-state index contributed by atoms with van der Waals surface area (Å²) in [5.74, 6) is -0.258. The van der Waals surface area contributed by atoms with Gasteiger partial charge in [-0.05, 0) is 37.8 Å². The Bertz CT molecular complexity index is 813. The van der Waals surface area contributed by atoms with Crippen LogP contribution in [0, 0.1) is 6.92 Å². The van der Waals surface area contributed by atoms with Gasteiger partial charge >= 0.3 is 0 Å². The van der Waals surface area contributed by atoms with Gasteiger partial charge in [-0.25, -0.2) is 4.98 Å². The van der Waals surface area contributed by atoms with Crippen LogP contribution in [-0.2, 0) is 17.7 Å². The predicted octanol–water partition coefficient (Wildman–Crippen LogP) is 2.16. The molecule has 1 aliphatic heterocycles. The van der Waals surface area contributed by atoms with E-state index < -0.39 is 0 Å². The Morgan fingerprint density at radius 3 is 2.81 bits per heavy atom. The van der Waals surface area contributed by atoms with Crippen molar-refractivity contribution in [3.63, 3.8) is 0 Å². The number of benzene rings is 1. The monoisotopic (exact) mass is 356 g/mol. The molecular weight excluding hydrogens is 332 g/mol. The summed E-state index contributed by atoms with van der Waals surface area (Å²) in [6.07, 6.45) is 2.70. The minimum absolute atomic E-state index is 0.277. The number of rotatable bonds is 6. The van der Waals surface area contributed by atoms with Crippen LogP contribution >= 0.6 is 0 Å². The minimum atomic E-state index is -0.278. The number of fused-ring (bicyclic) bond motifs is 1. The van der Waals surface area contributed by atoms with Crippen molar-refractivity contribution < 1.29 is 14.3 Å². The van der Waals surface area contributed by atoms with E-state index in [1.54, 1.807) is 7.11 Å². The minimum Gasteiger partial charge on any atom is -0.383 e. The third-order valence-electron chi connectivity index (χ3n) is 4.52. The molecule has 1 aromatic carbocycles. The number of amides is 2. The third kappa shape index (κ3) is 3.77. The Labute approximate surface area is 152 Å². The van der Waals surface area contributed by atoms with Crippen LogP contribution < -0.4 is 10.6 Å². The zero-order valence-corrected chi connectivity index (χ0v) is 15.2. The van der Waals surface area contributed by atoms with Crippen LogP contribution in [0.1, 0.15) is 45.2 Å². The van der Waals surface area contributed by atoms with Crippen LogP contribution in [0.3, 0.4) is 0 Å². The number of ether oxygens (including phenoxy) is 1. The maximum Gasteiger partial charge on any atom is 0.287 e. The van der Waals surface area contributed by atoms with Crippen molar-refractivity contribution in [1.29, 1.82) is 0 Å². The van der Waals surface area contributed by atoms with Gasteiger partial charge in [0.2, 0.25) is 0 Å². The normalized spacial score (nSPS) is 13.2. The molecule has 0 bridgehead atoms. The summed E-state index contributed by atoms with van der Waals surface area (Å²) in [7, 11) is 1.58. The average Bonchev–Trinajstić information content (AvgIpc) is 3.04. The molecule has 0 atom stereocenters. The second kappa shape index (κ2) is 8.14. The molecule has 0 fully saturated rings. The quantitative estimate of drug-likeness (QED) is 0.777. The second-order valence-corrected chi connectivity index (χ2v) is 6.36. The van der Waals surface area contributed by atoms with Crippen LogP contribution in [0.15, 0.2) is 24.3 Å². The van der Waals surface area contributed by atoms with Crippen LogP contribution in [-0.4, -0.2) is 41.6 Å². The molecule has 0 unspecified atom stereocenters. The third-order valence-corrected chi connectivity index (χ3v) is 4.52. The fourth-order valence-electron chi connectivity index (χ4n) is 3.14. The highest BCUT2D eigenvalue weighted by Gasteiger charge is 2.27. The van der Waals surface area contributed by atoms with Crippen molar-refractivity contribution in [2.45, 2.75) is 32.7 Å². The van der Waals surface area contributed by atoms with Gasteiger partial charge in [0, 0.05) is 25.9 Å². The van der Waals surface area contributed by atoms with E-state index in [4.69, 9.17) is 4.74 Å². The molecule has 0 aliphatic carbocycles. The average molecular weight is 356 g/mol.